The fourth-order valence-corrected chi connectivity index (χ4v) is 2.27. The molecule has 0 spiro atoms. The fraction of sp³-hybridized carbons (Fsp3) is 0.357. The van der Waals surface area contributed by atoms with Crippen LogP contribution in [-0.2, 0) is 9.53 Å². The predicted molar refractivity (Wildman–Crippen MR) is 63.1 cm³/mol. The summed E-state index contributed by atoms with van der Waals surface area (Å²) < 4.78 is 4.87. The van der Waals surface area contributed by atoms with Crippen LogP contribution in [0.2, 0.25) is 0 Å². The predicted octanol–water partition coefficient (Wildman–Crippen LogP) is 2.91. The zero-order valence-corrected chi connectivity index (χ0v) is 9.43. The molecule has 1 aliphatic rings. The van der Waals surface area contributed by atoms with Crippen LogP contribution in [0, 0.1) is 5.92 Å². The highest BCUT2D eigenvalue weighted by Gasteiger charge is 2.29. The maximum atomic E-state index is 11.7. The van der Waals surface area contributed by atoms with Crippen molar-refractivity contribution in [1.82, 2.24) is 0 Å². The molecule has 2 heteroatoms. The van der Waals surface area contributed by atoms with E-state index >= 15 is 0 Å². The van der Waals surface area contributed by atoms with Gasteiger partial charge in [-0.25, -0.2) is 0 Å². The largest absolute Gasteiger partial charge is 0.469 e. The van der Waals surface area contributed by atoms with E-state index in [0.29, 0.717) is 0 Å². The molecule has 0 bridgehead atoms. The van der Waals surface area contributed by atoms with Gasteiger partial charge in [-0.15, -0.1) is 0 Å². The topological polar surface area (TPSA) is 26.3 Å². The Bertz CT molecular complexity index is 381. The molecule has 0 saturated heterocycles. The molecule has 0 radical (unpaired) electrons. The third-order valence-corrected chi connectivity index (χ3v) is 3.11. The maximum absolute atomic E-state index is 11.7. The molecule has 1 aromatic carbocycles. The lowest BCUT2D eigenvalue weighted by atomic mass is 9.79. The Morgan fingerprint density at radius 1 is 1.31 bits per heavy atom. The molecule has 2 rings (SSSR count). The normalized spacial score (nSPS) is 24.1. The van der Waals surface area contributed by atoms with Crippen molar-refractivity contribution in [3.05, 3.63) is 48.0 Å². The Labute approximate surface area is 95.9 Å². The Kier molecular flexibility index (Phi) is 3.40. The minimum absolute atomic E-state index is 0.0302. The van der Waals surface area contributed by atoms with Crippen molar-refractivity contribution < 1.29 is 9.53 Å². The quantitative estimate of drug-likeness (QED) is 0.561. The number of rotatable bonds is 2. The lowest BCUT2D eigenvalue weighted by Crippen LogP contribution is -2.24. The molecule has 0 fully saturated rings. The van der Waals surface area contributed by atoms with Gasteiger partial charge in [-0.05, 0) is 18.4 Å². The van der Waals surface area contributed by atoms with E-state index in [-0.39, 0.29) is 17.8 Å². The summed E-state index contributed by atoms with van der Waals surface area (Å²) in [5.74, 6) is 0.0398. The summed E-state index contributed by atoms with van der Waals surface area (Å²) in [5.41, 5.74) is 1.19. The van der Waals surface area contributed by atoms with Gasteiger partial charge in [0.2, 0.25) is 0 Å². The summed E-state index contributed by atoms with van der Waals surface area (Å²) in [6.45, 7) is 0. The first kappa shape index (κ1) is 10.9. The Balaban J connectivity index is 2.26. The molecule has 0 N–H and O–H groups in total. The molecule has 0 aromatic heterocycles. The zero-order valence-electron chi connectivity index (χ0n) is 9.43. The van der Waals surface area contributed by atoms with Crippen LogP contribution in [0.25, 0.3) is 0 Å². The van der Waals surface area contributed by atoms with Crippen LogP contribution in [0.15, 0.2) is 42.5 Å². The first-order chi connectivity index (χ1) is 7.83. The Morgan fingerprint density at radius 2 is 2.06 bits per heavy atom. The van der Waals surface area contributed by atoms with E-state index in [0.717, 1.165) is 12.8 Å². The summed E-state index contributed by atoms with van der Waals surface area (Å²) in [5, 5.41) is 0. The van der Waals surface area contributed by atoms with Gasteiger partial charge in [0.25, 0.3) is 0 Å². The van der Waals surface area contributed by atoms with Gasteiger partial charge < -0.3 is 4.74 Å². The second kappa shape index (κ2) is 4.97. The number of esters is 1. The van der Waals surface area contributed by atoms with Gasteiger partial charge in [0.15, 0.2) is 0 Å². The summed E-state index contributed by atoms with van der Waals surface area (Å²) in [6.07, 6.45) is 6.11. The number of hydrogen-bond donors (Lipinski definition) is 0. The van der Waals surface area contributed by atoms with Gasteiger partial charge in [-0.1, -0.05) is 42.5 Å². The number of benzene rings is 1. The monoisotopic (exact) mass is 216 g/mol. The van der Waals surface area contributed by atoms with Crippen molar-refractivity contribution in [3.63, 3.8) is 0 Å². The van der Waals surface area contributed by atoms with E-state index in [9.17, 15) is 4.79 Å². The van der Waals surface area contributed by atoms with Crippen LogP contribution in [0.4, 0.5) is 0 Å². The van der Waals surface area contributed by atoms with E-state index in [1.807, 2.05) is 18.2 Å². The van der Waals surface area contributed by atoms with Crippen molar-refractivity contribution in [1.29, 1.82) is 0 Å². The summed E-state index contributed by atoms with van der Waals surface area (Å²) in [6, 6.07) is 10.1. The molecule has 0 heterocycles. The van der Waals surface area contributed by atoms with Crippen molar-refractivity contribution in [2.45, 2.75) is 18.8 Å². The molecule has 2 atom stereocenters. The highest BCUT2D eigenvalue weighted by molar-refractivity contribution is 5.74. The van der Waals surface area contributed by atoms with E-state index in [1.54, 1.807) is 0 Å². The molecule has 1 aliphatic carbocycles. The standard InChI is InChI=1S/C14H16O2/c1-16-14(15)13-10-6-5-9-12(13)11-7-3-2-4-8-11/h2-5,7-9,12-13H,6,10H2,1H3/t12-,13-/m0/s1. The minimum Gasteiger partial charge on any atom is -0.469 e. The zero-order chi connectivity index (χ0) is 11.4. The third-order valence-electron chi connectivity index (χ3n) is 3.11. The van der Waals surface area contributed by atoms with E-state index in [2.05, 4.69) is 24.3 Å². The average molecular weight is 216 g/mol. The van der Waals surface area contributed by atoms with Crippen LogP contribution in [0.3, 0.4) is 0 Å². The average Bonchev–Trinajstić information content (AvgIpc) is 2.39. The number of carbonyl (C=O) groups excluding carboxylic acids is 1. The third kappa shape index (κ3) is 2.16. The number of ether oxygens (including phenoxy) is 1. The van der Waals surface area contributed by atoms with Gasteiger partial charge in [0.1, 0.15) is 0 Å². The van der Waals surface area contributed by atoms with E-state index in [1.165, 1.54) is 12.7 Å². The molecule has 0 aliphatic heterocycles. The van der Waals surface area contributed by atoms with Crippen molar-refractivity contribution >= 4 is 5.97 Å². The maximum Gasteiger partial charge on any atom is 0.309 e. The number of methoxy groups -OCH3 is 1. The SMILES string of the molecule is COC(=O)[C@H]1CCC=C[C@H]1c1ccccc1. The first-order valence-electron chi connectivity index (χ1n) is 5.62. The number of hydrogen-bond acceptors (Lipinski definition) is 2. The van der Waals surface area contributed by atoms with Crippen LogP contribution >= 0.6 is 0 Å². The van der Waals surface area contributed by atoms with Crippen molar-refractivity contribution in [2.75, 3.05) is 7.11 Å². The molecule has 0 amide bonds. The molecule has 2 nitrogen and oxygen atoms in total. The van der Waals surface area contributed by atoms with Crippen molar-refractivity contribution in [2.24, 2.45) is 5.92 Å². The van der Waals surface area contributed by atoms with Crippen LogP contribution in [0.5, 0.6) is 0 Å². The second-order valence-corrected chi connectivity index (χ2v) is 4.07. The molecular formula is C14H16O2. The number of carbonyl (C=O) groups is 1. The second-order valence-electron chi connectivity index (χ2n) is 4.07. The first-order valence-corrected chi connectivity index (χ1v) is 5.62. The van der Waals surface area contributed by atoms with Gasteiger partial charge in [-0.3, -0.25) is 4.79 Å². The number of allylic oxidation sites excluding steroid dienone is 2. The smallest absolute Gasteiger partial charge is 0.309 e. The summed E-state index contributed by atoms with van der Waals surface area (Å²) >= 11 is 0. The lowest BCUT2D eigenvalue weighted by Gasteiger charge is -2.25. The van der Waals surface area contributed by atoms with E-state index in [4.69, 9.17) is 4.74 Å². The van der Waals surface area contributed by atoms with Crippen molar-refractivity contribution in [3.8, 4) is 0 Å². The van der Waals surface area contributed by atoms with E-state index < -0.39 is 0 Å². The summed E-state index contributed by atoms with van der Waals surface area (Å²) in [7, 11) is 1.46. The highest BCUT2D eigenvalue weighted by atomic mass is 16.5. The summed E-state index contributed by atoms with van der Waals surface area (Å²) in [4.78, 5) is 11.7. The van der Waals surface area contributed by atoms with Gasteiger partial charge in [0.05, 0.1) is 13.0 Å². The molecular weight excluding hydrogens is 200 g/mol. The molecule has 1 aromatic rings. The van der Waals surface area contributed by atoms with Gasteiger partial charge >= 0.3 is 5.97 Å². The molecule has 16 heavy (non-hydrogen) atoms. The fourth-order valence-electron chi connectivity index (χ4n) is 2.27. The van der Waals surface area contributed by atoms with Gasteiger partial charge in [-0.2, -0.15) is 0 Å². The van der Waals surface area contributed by atoms with Crippen LogP contribution in [0.1, 0.15) is 24.3 Å². The Hall–Kier alpha value is -1.57. The lowest BCUT2D eigenvalue weighted by molar-refractivity contribution is -0.146. The Morgan fingerprint density at radius 3 is 2.75 bits per heavy atom. The molecule has 0 unspecified atom stereocenters. The van der Waals surface area contributed by atoms with Crippen LogP contribution in [-0.4, -0.2) is 13.1 Å². The molecule has 0 saturated carbocycles. The minimum atomic E-state index is -0.0989. The van der Waals surface area contributed by atoms with Gasteiger partial charge in [0, 0.05) is 5.92 Å². The highest BCUT2D eigenvalue weighted by Crippen LogP contribution is 2.33. The molecule has 84 valence electrons. The van der Waals surface area contributed by atoms with Crippen LogP contribution < -0.4 is 0 Å².